The molecule has 1 rings (SSSR count). The molecule has 0 fully saturated rings. The summed E-state index contributed by atoms with van der Waals surface area (Å²) in [4.78, 5) is 0. The molecule has 0 amide bonds. The van der Waals surface area contributed by atoms with Gasteiger partial charge in [-0.2, -0.15) is 4.21 Å². The monoisotopic (exact) mass is 289 g/mol. The Balaban J connectivity index is 2.38. The fraction of sp³-hybridized carbons (Fsp3) is 0.500. The first-order valence-electron chi connectivity index (χ1n) is 5.83. The Kier molecular flexibility index (Phi) is 7.42. The van der Waals surface area contributed by atoms with Crippen LogP contribution in [-0.2, 0) is 22.1 Å². The Bertz CT molecular complexity index is 413. The molecule has 7 heteroatoms. The highest BCUT2D eigenvalue weighted by atomic mass is 32.2. The maximum atomic E-state index is 10.2. The van der Waals surface area contributed by atoms with Gasteiger partial charge >= 0.3 is 11.4 Å². The Labute approximate surface area is 115 Å². The average molecular weight is 289 g/mol. The molecule has 0 saturated heterocycles. The molecule has 0 spiro atoms. The summed E-state index contributed by atoms with van der Waals surface area (Å²) < 4.78 is 33.7. The second kappa shape index (κ2) is 8.87. The number of nitrogens with one attached hydrogen (secondary N) is 1. The number of hydrogen-bond donors (Lipinski definition) is 2. The lowest BCUT2D eigenvalue weighted by Crippen LogP contribution is -2.17. The van der Waals surface area contributed by atoms with Crippen LogP contribution in [0, 0.1) is 0 Å². The van der Waals surface area contributed by atoms with E-state index in [0.29, 0.717) is 31.0 Å². The summed E-state index contributed by atoms with van der Waals surface area (Å²) in [6.45, 7) is 1.55. The predicted octanol–water partition coefficient (Wildman–Crippen LogP) is 1.34. The molecule has 1 atom stereocenters. The lowest BCUT2D eigenvalue weighted by atomic mass is 10.2. The standard InChI is InChI=1S/C12H19NO5S/c1-16-11-6-3-5-10(12(11)17-2)9-13-7-4-8-18-19(14)15/h3,5-6,13H,4,7-9H2,1-2H3,(H,14,15). The summed E-state index contributed by atoms with van der Waals surface area (Å²) in [5.41, 5.74) is 0.994. The van der Waals surface area contributed by atoms with E-state index in [9.17, 15) is 4.21 Å². The van der Waals surface area contributed by atoms with Gasteiger partial charge in [-0.05, 0) is 19.0 Å². The summed E-state index contributed by atoms with van der Waals surface area (Å²) in [6, 6.07) is 5.69. The SMILES string of the molecule is COc1cccc(CNCCCOS(=O)O)c1OC. The maximum absolute atomic E-state index is 10.2. The minimum absolute atomic E-state index is 0.241. The van der Waals surface area contributed by atoms with Crippen LogP contribution in [-0.4, -0.2) is 36.1 Å². The van der Waals surface area contributed by atoms with E-state index in [-0.39, 0.29) is 6.61 Å². The molecule has 0 bridgehead atoms. The molecule has 108 valence electrons. The van der Waals surface area contributed by atoms with Gasteiger partial charge in [-0.1, -0.05) is 12.1 Å². The minimum Gasteiger partial charge on any atom is -0.493 e. The van der Waals surface area contributed by atoms with E-state index in [0.717, 1.165) is 5.56 Å². The van der Waals surface area contributed by atoms with Gasteiger partial charge in [0.05, 0.1) is 20.8 Å². The zero-order valence-corrected chi connectivity index (χ0v) is 11.9. The first-order chi connectivity index (χ1) is 9.19. The van der Waals surface area contributed by atoms with Crippen molar-refractivity contribution in [3.8, 4) is 11.5 Å². The van der Waals surface area contributed by atoms with Crippen LogP contribution < -0.4 is 14.8 Å². The molecule has 6 nitrogen and oxygen atoms in total. The van der Waals surface area contributed by atoms with Crippen molar-refractivity contribution in [2.75, 3.05) is 27.4 Å². The molecule has 1 aromatic rings. The molecular weight excluding hydrogens is 270 g/mol. The summed E-state index contributed by atoms with van der Waals surface area (Å²) in [5, 5.41) is 3.21. The second-order valence-corrected chi connectivity index (χ2v) is 4.39. The number of methoxy groups -OCH3 is 2. The molecule has 2 N–H and O–H groups in total. The quantitative estimate of drug-likeness (QED) is 0.527. The molecule has 0 aromatic heterocycles. The normalized spacial score (nSPS) is 12.2. The van der Waals surface area contributed by atoms with Crippen molar-refractivity contribution in [3.05, 3.63) is 23.8 Å². The van der Waals surface area contributed by atoms with Gasteiger partial charge in [0, 0.05) is 12.1 Å². The van der Waals surface area contributed by atoms with E-state index >= 15 is 0 Å². The van der Waals surface area contributed by atoms with Crippen molar-refractivity contribution < 1.29 is 22.4 Å². The fourth-order valence-corrected chi connectivity index (χ4v) is 1.90. The summed E-state index contributed by atoms with van der Waals surface area (Å²) >= 11 is -2.18. The topological polar surface area (TPSA) is 77.0 Å². The number of benzene rings is 1. The molecule has 0 radical (unpaired) electrons. The van der Waals surface area contributed by atoms with Crippen LogP contribution in [0.5, 0.6) is 11.5 Å². The fourth-order valence-electron chi connectivity index (χ4n) is 1.64. The zero-order valence-electron chi connectivity index (χ0n) is 11.0. The van der Waals surface area contributed by atoms with E-state index in [2.05, 4.69) is 9.50 Å². The lowest BCUT2D eigenvalue weighted by molar-refractivity contribution is 0.299. The molecule has 0 aliphatic carbocycles. The van der Waals surface area contributed by atoms with Crippen LogP contribution in [0.3, 0.4) is 0 Å². The van der Waals surface area contributed by atoms with E-state index in [4.69, 9.17) is 14.0 Å². The lowest BCUT2D eigenvalue weighted by Gasteiger charge is -2.13. The smallest absolute Gasteiger partial charge is 0.301 e. The number of ether oxygens (including phenoxy) is 2. The summed E-state index contributed by atoms with van der Waals surface area (Å²) in [5.74, 6) is 1.41. The maximum Gasteiger partial charge on any atom is 0.301 e. The minimum atomic E-state index is -2.18. The molecule has 0 saturated carbocycles. The van der Waals surface area contributed by atoms with Crippen LogP contribution >= 0.6 is 0 Å². The highest BCUT2D eigenvalue weighted by molar-refractivity contribution is 7.74. The first kappa shape index (κ1) is 15.9. The van der Waals surface area contributed by atoms with Crippen LogP contribution in [0.15, 0.2) is 18.2 Å². The third-order valence-electron chi connectivity index (χ3n) is 2.48. The van der Waals surface area contributed by atoms with Gasteiger partial charge in [-0.15, -0.1) is 0 Å². The van der Waals surface area contributed by atoms with Gasteiger partial charge in [0.1, 0.15) is 0 Å². The van der Waals surface area contributed by atoms with Crippen molar-refractivity contribution >= 4 is 11.4 Å². The Hall–Kier alpha value is -1.15. The van der Waals surface area contributed by atoms with Gasteiger partial charge < -0.3 is 14.8 Å². The van der Waals surface area contributed by atoms with E-state index in [1.165, 1.54) is 0 Å². The predicted molar refractivity (Wildman–Crippen MR) is 72.6 cm³/mol. The summed E-state index contributed by atoms with van der Waals surface area (Å²) in [7, 11) is 3.20. The Morgan fingerprint density at radius 2 is 2.11 bits per heavy atom. The van der Waals surface area contributed by atoms with Crippen molar-refractivity contribution in [1.29, 1.82) is 0 Å². The Morgan fingerprint density at radius 1 is 1.32 bits per heavy atom. The number of hydrogen-bond acceptors (Lipinski definition) is 5. The molecule has 0 heterocycles. The molecule has 19 heavy (non-hydrogen) atoms. The van der Waals surface area contributed by atoms with Crippen molar-refractivity contribution in [3.63, 3.8) is 0 Å². The zero-order chi connectivity index (χ0) is 14.1. The van der Waals surface area contributed by atoms with Crippen molar-refractivity contribution in [2.24, 2.45) is 0 Å². The van der Waals surface area contributed by atoms with Crippen LogP contribution in [0.4, 0.5) is 0 Å². The summed E-state index contributed by atoms with van der Waals surface area (Å²) in [6.07, 6.45) is 0.651. The molecule has 1 unspecified atom stereocenters. The third kappa shape index (κ3) is 5.56. The van der Waals surface area contributed by atoms with Gasteiger partial charge in [0.15, 0.2) is 11.5 Å². The first-order valence-corrected chi connectivity index (χ1v) is 6.87. The molecule has 0 aliphatic heterocycles. The average Bonchev–Trinajstić information content (AvgIpc) is 2.41. The van der Waals surface area contributed by atoms with Gasteiger partial charge in [0.25, 0.3) is 0 Å². The van der Waals surface area contributed by atoms with Crippen molar-refractivity contribution in [1.82, 2.24) is 5.32 Å². The highest BCUT2D eigenvalue weighted by Gasteiger charge is 2.08. The van der Waals surface area contributed by atoms with Crippen LogP contribution in [0.2, 0.25) is 0 Å². The van der Waals surface area contributed by atoms with E-state index < -0.39 is 11.4 Å². The van der Waals surface area contributed by atoms with Crippen LogP contribution in [0.25, 0.3) is 0 Å². The second-order valence-electron chi connectivity index (χ2n) is 3.72. The number of rotatable bonds is 9. The van der Waals surface area contributed by atoms with E-state index in [1.54, 1.807) is 14.2 Å². The van der Waals surface area contributed by atoms with Gasteiger partial charge in [-0.25, -0.2) is 0 Å². The van der Waals surface area contributed by atoms with Crippen molar-refractivity contribution in [2.45, 2.75) is 13.0 Å². The molecule has 1 aromatic carbocycles. The molecule has 0 aliphatic rings. The van der Waals surface area contributed by atoms with Gasteiger partial charge in [0.2, 0.25) is 0 Å². The Morgan fingerprint density at radius 3 is 2.74 bits per heavy atom. The van der Waals surface area contributed by atoms with E-state index in [1.807, 2.05) is 18.2 Å². The molecular formula is C12H19NO5S. The highest BCUT2D eigenvalue weighted by Crippen LogP contribution is 2.30. The third-order valence-corrected chi connectivity index (χ3v) is 2.85. The van der Waals surface area contributed by atoms with Gasteiger partial charge in [-0.3, -0.25) is 8.74 Å². The van der Waals surface area contributed by atoms with Crippen LogP contribution in [0.1, 0.15) is 12.0 Å². The number of para-hydroxylation sites is 1. The largest absolute Gasteiger partial charge is 0.493 e.